The Morgan fingerprint density at radius 3 is 2.17 bits per heavy atom. The van der Waals surface area contributed by atoms with Crippen LogP contribution in [0.15, 0.2) is 24.3 Å². The van der Waals surface area contributed by atoms with Crippen molar-refractivity contribution < 1.29 is 9.90 Å². The van der Waals surface area contributed by atoms with Gasteiger partial charge in [0.2, 0.25) is 5.91 Å². The van der Waals surface area contributed by atoms with Gasteiger partial charge in [-0.15, -0.1) is 12.4 Å². The largest absolute Gasteiger partial charge is 0.387 e. The molecule has 132 valence electrons. The zero-order valence-electron chi connectivity index (χ0n) is 14.8. The maximum absolute atomic E-state index is 12.0. The third-order valence-corrected chi connectivity index (χ3v) is 3.91. The minimum Gasteiger partial charge on any atom is -0.387 e. The van der Waals surface area contributed by atoms with Crippen molar-refractivity contribution in [2.75, 3.05) is 6.54 Å². The summed E-state index contributed by atoms with van der Waals surface area (Å²) in [6.45, 7) is 10.3. The van der Waals surface area contributed by atoms with Crippen molar-refractivity contribution >= 4 is 18.3 Å². The highest BCUT2D eigenvalue weighted by molar-refractivity contribution is 5.85. The molecule has 0 aromatic heterocycles. The fourth-order valence-electron chi connectivity index (χ4n) is 2.35. The van der Waals surface area contributed by atoms with Crippen molar-refractivity contribution in [2.24, 2.45) is 5.73 Å². The van der Waals surface area contributed by atoms with E-state index in [0.29, 0.717) is 6.42 Å². The van der Waals surface area contributed by atoms with E-state index >= 15 is 0 Å². The molecule has 0 radical (unpaired) electrons. The first-order valence-electron chi connectivity index (χ1n) is 7.93. The molecule has 0 saturated heterocycles. The summed E-state index contributed by atoms with van der Waals surface area (Å²) in [7, 11) is 0. The summed E-state index contributed by atoms with van der Waals surface area (Å²) in [6, 6.07) is 7.85. The van der Waals surface area contributed by atoms with Crippen LogP contribution in [0.25, 0.3) is 0 Å². The number of rotatable bonds is 6. The molecule has 4 N–H and O–H groups in total. The lowest BCUT2D eigenvalue weighted by Crippen LogP contribution is -2.52. The minimum absolute atomic E-state index is 0. The molecular weight excluding hydrogens is 312 g/mol. The summed E-state index contributed by atoms with van der Waals surface area (Å²) < 4.78 is 0. The number of carbonyl (C=O) groups excluding carboxylic acids is 1. The van der Waals surface area contributed by atoms with Gasteiger partial charge >= 0.3 is 0 Å². The van der Waals surface area contributed by atoms with Crippen molar-refractivity contribution in [1.82, 2.24) is 5.32 Å². The second-order valence-electron chi connectivity index (χ2n) is 7.27. The van der Waals surface area contributed by atoms with E-state index in [1.165, 1.54) is 5.56 Å². The number of nitrogens with two attached hydrogens (primary N) is 1. The van der Waals surface area contributed by atoms with Crippen molar-refractivity contribution in [1.29, 1.82) is 0 Å². The molecule has 0 fully saturated rings. The van der Waals surface area contributed by atoms with E-state index in [1.807, 2.05) is 31.2 Å². The molecule has 0 bridgehead atoms. The molecule has 0 aliphatic rings. The summed E-state index contributed by atoms with van der Waals surface area (Å²) >= 11 is 0. The number of aliphatic hydroxyl groups is 1. The molecule has 1 aromatic rings. The van der Waals surface area contributed by atoms with Gasteiger partial charge in [0.15, 0.2) is 0 Å². The van der Waals surface area contributed by atoms with Crippen LogP contribution in [0.5, 0.6) is 0 Å². The highest BCUT2D eigenvalue weighted by Crippen LogP contribution is 2.23. The Kier molecular flexibility index (Phi) is 8.25. The van der Waals surface area contributed by atoms with Crippen LogP contribution in [0.3, 0.4) is 0 Å². The predicted molar refractivity (Wildman–Crippen MR) is 97.9 cm³/mol. The third kappa shape index (κ3) is 6.50. The average Bonchev–Trinajstić information content (AvgIpc) is 2.43. The molecule has 0 spiro atoms. The molecule has 0 aliphatic carbocycles. The maximum Gasteiger partial charge on any atom is 0.239 e. The van der Waals surface area contributed by atoms with Gasteiger partial charge < -0.3 is 16.2 Å². The number of aliphatic hydroxyl groups excluding tert-OH is 1. The van der Waals surface area contributed by atoms with E-state index < -0.39 is 11.6 Å². The lowest BCUT2D eigenvalue weighted by atomic mass is 9.86. The highest BCUT2D eigenvalue weighted by Gasteiger charge is 2.27. The number of halogens is 1. The van der Waals surface area contributed by atoms with E-state index in [2.05, 4.69) is 26.1 Å². The number of nitrogens with one attached hydrogen (secondary N) is 1. The van der Waals surface area contributed by atoms with E-state index in [9.17, 15) is 9.90 Å². The lowest BCUT2D eigenvalue weighted by molar-refractivity contribution is -0.126. The Morgan fingerprint density at radius 2 is 1.74 bits per heavy atom. The molecule has 2 atom stereocenters. The Labute approximate surface area is 146 Å². The smallest absolute Gasteiger partial charge is 0.239 e. The first-order chi connectivity index (χ1) is 10.1. The molecule has 1 amide bonds. The van der Waals surface area contributed by atoms with Crippen molar-refractivity contribution in [2.45, 2.75) is 64.5 Å². The number of hydrogen-bond acceptors (Lipinski definition) is 3. The fourth-order valence-corrected chi connectivity index (χ4v) is 2.35. The molecule has 1 aromatic carbocycles. The Hall–Kier alpha value is -1.10. The van der Waals surface area contributed by atoms with Crippen LogP contribution in [0, 0.1) is 0 Å². The average molecular weight is 343 g/mol. The first kappa shape index (κ1) is 21.9. The first-order valence-corrected chi connectivity index (χ1v) is 7.93. The predicted octanol–water partition coefficient (Wildman–Crippen LogP) is 3.07. The van der Waals surface area contributed by atoms with Gasteiger partial charge in [-0.1, -0.05) is 58.4 Å². The molecular formula is C18H31ClN2O2. The Balaban J connectivity index is 0.00000484. The van der Waals surface area contributed by atoms with Crippen molar-refractivity contribution in [3.05, 3.63) is 35.4 Å². The summed E-state index contributed by atoms with van der Waals surface area (Å²) in [5, 5.41) is 12.9. The van der Waals surface area contributed by atoms with Crippen LogP contribution in [0.1, 0.15) is 64.7 Å². The second-order valence-corrected chi connectivity index (χ2v) is 7.27. The molecule has 0 aliphatic heterocycles. The molecule has 2 unspecified atom stereocenters. The van der Waals surface area contributed by atoms with E-state index in [1.54, 1.807) is 6.92 Å². The molecule has 1 rings (SSSR count). The Bertz CT molecular complexity index is 493. The normalized spacial score (nSPS) is 15.3. The SMILES string of the molecule is CCCC(C)(N)C(=O)NCC(O)c1ccc(C(C)(C)C)cc1.Cl. The quantitative estimate of drug-likeness (QED) is 0.743. The molecule has 4 nitrogen and oxygen atoms in total. The van der Waals surface area contributed by atoms with Crippen LogP contribution < -0.4 is 11.1 Å². The van der Waals surface area contributed by atoms with Crippen LogP contribution in [-0.2, 0) is 10.2 Å². The monoisotopic (exact) mass is 342 g/mol. The van der Waals surface area contributed by atoms with Crippen molar-refractivity contribution in [3.63, 3.8) is 0 Å². The van der Waals surface area contributed by atoms with E-state index in [0.717, 1.165) is 12.0 Å². The van der Waals surface area contributed by atoms with Gasteiger partial charge in [0.05, 0.1) is 11.6 Å². The number of benzene rings is 1. The van der Waals surface area contributed by atoms with Crippen LogP contribution in [0.4, 0.5) is 0 Å². The van der Waals surface area contributed by atoms with Gasteiger partial charge in [-0.05, 0) is 29.9 Å². The minimum atomic E-state index is -0.884. The van der Waals surface area contributed by atoms with Gasteiger partial charge in [-0.25, -0.2) is 0 Å². The van der Waals surface area contributed by atoms with Crippen molar-refractivity contribution in [3.8, 4) is 0 Å². The topological polar surface area (TPSA) is 75.4 Å². The summed E-state index contributed by atoms with van der Waals surface area (Å²) in [5.41, 5.74) is 7.17. The summed E-state index contributed by atoms with van der Waals surface area (Å²) in [6.07, 6.45) is 0.738. The van der Waals surface area contributed by atoms with Gasteiger partial charge in [-0.3, -0.25) is 4.79 Å². The van der Waals surface area contributed by atoms with E-state index in [4.69, 9.17) is 5.73 Å². The highest BCUT2D eigenvalue weighted by atomic mass is 35.5. The number of amides is 1. The van der Waals surface area contributed by atoms with Gasteiger partial charge in [0.1, 0.15) is 0 Å². The van der Waals surface area contributed by atoms with Gasteiger partial charge in [-0.2, -0.15) is 0 Å². The summed E-state index contributed by atoms with van der Waals surface area (Å²) in [5.74, 6) is -0.222. The van der Waals surface area contributed by atoms with Crippen LogP contribution >= 0.6 is 12.4 Å². The molecule has 0 heterocycles. The zero-order chi connectivity index (χ0) is 17.0. The standard InChI is InChI=1S/C18H30N2O2.ClH/c1-6-11-18(5,19)16(22)20-12-15(21)13-7-9-14(10-8-13)17(2,3)4;/h7-10,15,21H,6,11-12,19H2,1-5H3,(H,20,22);1H. The molecule has 0 saturated carbocycles. The van der Waals surface area contributed by atoms with Gasteiger partial charge in [0, 0.05) is 6.54 Å². The number of hydrogen-bond donors (Lipinski definition) is 3. The zero-order valence-corrected chi connectivity index (χ0v) is 15.7. The van der Waals surface area contributed by atoms with Gasteiger partial charge in [0.25, 0.3) is 0 Å². The Morgan fingerprint density at radius 1 is 1.22 bits per heavy atom. The summed E-state index contributed by atoms with van der Waals surface area (Å²) in [4.78, 5) is 12.0. The van der Waals surface area contributed by atoms with Crippen LogP contribution in [0.2, 0.25) is 0 Å². The molecule has 23 heavy (non-hydrogen) atoms. The molecule has 5 heteroatoms. The second kappa shape index (κ2) is 8.67. The van der Waals surface area contributed by atoms with Crippen LogP contribution in [-0.4, -0.2) is 23.1 Å². The van der Waals surface area contributed by atoms with E-state index in [-0.39, 0.29) is 30.3 Å². The lowest BCUT2D eigenvalue weighted by Gasteiger charge is -2.24. The number of carbonyl (C=O) groups is 1. The fraction of sp³-hybridized carbons (Fsp3) is 0.611. The third-order valence-electron chi connectivity index (χ3n) is 3.91. The maximum atomic E-state index is 12.0.